The highest BCUT2D eigenvalue weighted by atomic mass is 16.1. The first-order chi connectivity index (χ1) is 6.69. The van der Waals surface area contributed by atoms with Crippen LogP contribution in [0.1, 0.15) is 39.5 Å². The molecule has 3 atom stereocenters. The van der Waals surface area contributed by atoms with Gasteiger partial charge in [0.2, 0.25) is 0 Å². The zero-order chi connectivity index (χ0) is 10.2. The second-order valence-corrected chi connectivity index (χ2v) is 5.13. The molecule has 1 spiro atoms. The van der Waals surface area contributed by atoms with Crippen LogP contribution in [0.25, 0.3) is 0 Å². The van der Waals surface area contributed by atoms with Crippen LogP contribution in [0.3, 0.4) is 0 Å². The van der Waals surface area contributed by atoms with E-state index < -0.39 is 0 Å². The van der Waals surface area contributed by atoms with Gasteiger partial charge < -0.3 is 5.32 Å². The lowest BCUT2D eigenvalue weighted by atomic mass is 9.63. The van der Waals surface area contributed by atoms with Gasteiger partial charge in [-0.2, -0.15) is 0 Å². The Morgan fingerprint density at radius 2 is 2.36 bits per heavy atom. The van der Waals surface area contributed by atoms with Gasteiger partial charge in [0.25, 0.3) is 0 Å². The second-order valence-electron chi connectivity index (χ2n) is 5.13. The minimum atomic E-state index is 0.0128. The van der Waals surface area contributed by atoms with Crippen LogP contribution in [0.4, 0.5) is 0 Å². The molecule has 1 aliphatic heterocycles. The summed E-state index contributed by atoms with van der Waals surface area (Å²) < 4.78 is 0. The lowest BCUT2D eigenvalue weighted by Crippen LogP contribution is -2.42. The minimum absolute atomic E-state index is 0.0128. The third-order valence-corrected chi connectivity index (χ3v) is 4.40. The van der Waals surface area contributed by atoms with E-state index in [-0.39, 0.29) is 5.41 Å². The molecule has 0 radical (unpaired) electrons. The molecule has 0 bridgehead atoms. The van der Waals surface area contributed by atoms with E-state index in [0.717, 1.165) is 38.3 Å². The molecule has 2 heteroatoms. The van der Waals surface area contributed by atoms with Gasteiger partial charge in [0.15, 0.2) is 0 Å². The van der Waals surface area contributed by atoms with Crippen molar-refractivity contribution < 1.29 is 4.79 Å². The van der Waals surface area contributed by atoms with Crippen molar-refractivity contribution in [1.29, 1.82) is 0 Å². The van der Waals surface area contributed by atoms with Crippen molar-refractivity contribution in [3.8, 4) is 0 Å². The topological polar surface area (TPSA) is 29.1 Å². The summed E-state index contributed by atoms with van der Waals surface area (Å²) in [6.45, 7) is 6.45. The van der Waals surface area contributed by atoms with Crippen molar-refractivity contribution >= 4 is 5.78 Å². The van der Waals surface area contributed by atoms with E-state index >= 15 is 0 Å². The smallest absolute Gasteiger partial charge is 0.140 e. The Labute approximate surface area is 86.5 Å². The van der Waals surface area contributed by atoms with Crippen LogP contribution in [0.15, 0.2) is 0 Å². The van der Waals surface area contributed by atoms with E-state index in [9.17, 15) is 4.79 Å². The minimum Gasteiger partial charge on any atom is -0.315 e. The molecule has 2 nitrogen and oxygen atoms in total. The number of ketones is 1. The molecule has 1 saturated heterocycles. The molecule has 80 valence electrons. The van der Waals surface area contributed by atoms with Crippen molar-refractivity contribution in [2.24, 2.45) is 17.3 Å². The van der Waals surface area contributed by atoms with Crippen LogP contribution < -0.4 is 5.32 Å². The zero-order valence-electron chi connectivity index (χ0n) is 9.31. The maximum Gasteiger partial charge on any atom is 0.140 e. The number of hydrogen-bond donors (Lipinski definition) is 1. The van der Waals surface area contributed by atoms with Crippen molar-refractivity contribution in [1.82, 2.24) is 5.32 Å². The average Bonchev–Trinajstić information content (AvgIpc) is 2.54. The fraction of sp³-hybridized carbons (Fsp3) is 0.917. The van der Waals surface area contributed by atoms with Crippen LogP contribution in [-0.2, 0) is 4.79 Å². The zero-order valence-corrected chi connectivity index (χ0v) is 9.31. The van der Waals surface area contributed by atoms with Gasteiger partial charge in [-0.25, -0.2) is 0 Å². The van der Waals surface area contributed by atoms with Crippen LogP contribution >= 0.6 is 0 Å². The number of carbonyl (C=O) groups excluding carboxylic acids is 1. The molecule has 1 heterocycles. The van der Waals surface area contributed by atoms with E-state index in [1.807, 2.05) is 0 Å². The molecule has 3 unspecified atom stereocenters. The summed E-state index contributed by atoms with van der Waals surface area (Å²) in [5.41, 5.74) is 0.0128. The largest absolute Gasteiger partial charge is 0.315 e. The van der Waals surface area contributed by atoms with Gasteiger partial charge in [-0.3, -0.25) is 4.79 Å². The third kappa shape index (κ3) is 1.40. The maximum absolute atomic E-state index is 12.1. The molecule has 2 rings (SSSR count). The summed E-state index contributed by atoms with van der Waals surface area (Å²) in [6.07, 6.45) is 4.33. The van der Waals surface area contributed by atoms with Crippen LogP contribution in [-0.4, -0.2) is 18.9 Å². The highest BCUT2D eigenvalue weighted by Crippen LogP contribution is 2.45. The predicted octanol–water partition coefficient (Wildman–Crippen LogP) is 1.99. The van der Waals surface area contributed by atoms with E-state index in [4.69, 9.17) is 0 Å². The molecule has 1 N–H and O–H groups in total. The lowest BCUT2D eigenvalue weighted by molar-refractivity contribution is -0.134. The molecule has 14 heavy (non-hydrogen) atoms. The Morgan fingerprint density at radius 1 is 1.57 bits per heavy atom. The number of hydrogen-bond acceptors (Lipinski definition) is 2. The Balaban J connectivity index is 2.18. The summed E-state index contributed by atoms with van der Waals surface area (Å²) in [7, 11) is 0. The van der Waals surface area contributed by atoms with Gasteiger partial charge in [-0.15, -0.1) is 0 Å². The van der Waals surface area contributed by atoms with Crippen LogP contribution in [0.5, 0.6) is 0 Å². The fourth-order valence-corrected chi connectivity index (χ4v) is 3.19. The Kier molecular flexibility index (Phi) is 2.65. The summed E-state index contributed by atoms with van der Waals surface area (Å²) >= 11 is 0. The molecule has 0 aromatic carbocycles. The van der Waals surface area contributed by atoms with Gasteiger partial charge >= 0.3 is 0 Å². The van der Waals surface area contributed by atoms with Crippen LogP contribution in [0, 0.1) is 17.3 Å². The summed E-state index contributed by atoms with van der Waals surface area (Å²) in [4.78, 5) is 12.1. The molecule has 1 saturated carbocycles. The Hall–Kier alpha value is -0.370. The van der Waals surface area contributed by atoms with E-state index in [1.54, 1.807) is 0 Å². The molecule has 2 fully saturated rings. The molecule has 0 amide bonds. The van der Waals surface area contributed by atoms with Crippen molar-refractivity contribution in [2.75, 3.05) is 13.1 Å². The molecular weight excluding hydrogens is 174 g/mol. The van der Waals surface area contributed by atoms with E-state index in [2.05, 4.69) is 19.2 Å². The van der Waals surface area contributed by atoms with Crippen molar-refractivity contribution in [2.45, 2.75) is 39.5 Å². The Morgan fingerprint density at radius 3 is 2.93 bits per heavy atom. The third-order valence-electron chi connectivity index (χ3n) is 4.40. The van der Waals surface area contributed by atoms with E-state index in [1.165, 1.54) is 6.42 Å². The van der Waals surface area contributed by atoms with Gasteiger partial charge in [-0.05, 0) is 31.2 Å². The average molecular weight is 195 g/mol. The van der Waals surface area contributed by atoms with Gasteiger partial charge in [0.1, 0.15) is 5.78 Å². The molecule has 1 aliphatic carbocycles. The standard InChI is InChI=1S/C12H21NO/c1-3-10-4-5-11(14)12(6-10)8-13-7-9(12)2/h9-10,13H,3-8H2,1-2H3. The molecule has 0 aromatic rings. The van der Waals surface area contributed by atoms with Crippen molar-refractivity contribution in [3.05, 3.63) is 0 Å². The first kappa shape index (κ1) is 10.2. The quantitative estimate of drug-likeness (QED) is 0.693. The highest BCUT2D eigenvalue weighted by Gasteiger charge is 2.49. The highest BCUT2D eigenvalue weighted by molar-refractivity contribution is 5.86. The molecule has 2 aliphatic rings. The number of nitrogens with one attached hydrogen (secondary N) is 1. The SMILES string of the molecule is CCC1CCC(=O)C2(CNCC2C)C1. The van der Waals surface area contributed by atoms with Gasteiger partial charge in [0, 0.05) is 18.4 Å². The van der Waals surface area contributed by atoms with E-state index in [0.29, 0.717) is 11.7 Å². The normalized spacial score (nSPS) is 43.4. The Bertz CT molecular complexity index is 238. The van der Waals surface area contributed by atoms with Gasteiger partial charge in [0.05, 0.1) is 0 Å². The number of rotatable bonds is 1. The first-order valence-electron chi connectivity index (χ1n) is 5.93. The summed E-state index contributed by atoms with van der Waals surface area (Å²) in [5, 5.41) is 3.39. The summed E-state index contributed by atoms with van der Waals surface area (Å²) in [5.74, 6) is 1.86. The first-order valence-corrected chi connectivity index (χ1v) is 5.93. The number of Topliss-reactive ketones (excluding diaryl/α,β-unsaturated/α-hetero) is 1. The molecular formula is C12H21NO. The predicted molar refractivity (Wildman–Crippen MR) is 57.1 cm³/mol. The fourth-order valence-electron chi connectivity index (χ4n) is 3.19. The number of carbonyl (C=O) groups is 1. The monoisotopic (exact) mass is 195 g/mol. The van der Waals surface area contributed by atoms with Gasteiger partial charge in [-0.1, -0.05) is 20.3 Å². The molecule has 0 aromatic heterocycles. The second kappa shape index (κ2) is 3.65. The van der Waals surface area contributed by atoms with Crippen molar-refractivity contribution in [3.63, 3.8) is 0 Å². The van der Waals surface area contributed by atoms with Crippen LogP contribution in [0.2, 0.25) is 0 Å². The maximum atomic E-state index is 12.1. The lowest BCUT2D eigenvalue weighted by Gasteiger charge is -2.39. The summed E-state index contributed by atoms with van der Waals surface area (Å²) in [6, 6.07) is 0.